The summed E-state index contributed by atoms with van der Waals surface area (Å²) in [7, 11) is 0. The van der Waals surface area contributed by atoms with Gasteiger partial charge in [0.05, 0.1) is 12.1 Å². The quantitative estimate of drug-likeness (QED) is 0.843. The molecule has 2 atom stereocenters. The van der Waals surface area contributed by atoms with Gasteiger partial charge in [0.15, 0.2) is 0 Å². The highest BCUT2D eigenvalue weighted by molar-refractivity contribution is 5.81. The smallest absolute Gasteiger partial charge is 0.237 e. The van der Waals surface area contributed by atoms with Crippen LogP contribution in [-0.4, -0.2) is 5.91 Å². The van der Waals surface area contributed by atoms with Gasteiger partial charge in [0.25, 0.3) is 0 Å². The molecule has 0 heterocycles. The Bertz CT molecular complexity index is 420. The third kappa shape index (κ3) is 2.83. The summed E-state index contributed by atoms with van der Waals surface area (Å²) in [5.74, 6) is -0.829. The van der Waals surface area contributed by atoms with E-state index in [9.17, 15) is 4.79 Å². The Morgan fingerprint density at radius 1 is 1.38 bits per heavy atom. The molecule has 1 amide bonds. The number of carbonyl (C=O) groups excluding carboxylic acids is 1. The maximum atomic E-state index is 11.5. The lowest BCUT2D eigenvalue weighted by Gasteiger charge is -2.17. The number of amides is 1. The van der Waals surface area contributed by atoms with Crippen LogP contribution >= 0.6 is 0 Å². The molecule has 84 valence electrons. The van der Waals surface area contributed by atoms with Crippen molar-refractivity contribution in [2.45, 2.75) is 26.8 Å². The van der Waals surface area contributed by atoms with Gasteiger partial charge in [-0.15, -0.1) is 0 Å². The summed E-state index contributed by atoms with van der Waals surface area (Å²) in [6, 6.07) is 9.75. The average Bonchev–Trinajstić information content (AvgIpc) is 2.28. The first-order valence-electron chi connectivity index (χ1n) is 5.31. The lowest BCUT2D eigenvalue weighted by Crippen LogP contribution is -2.31. The molecule has 1 aromatic carbocycles. The van der Waals surface area contributed by atoms with Crippen molar-refractivity contribution in [2.75, 3.05) is 0 Å². The van der Waals surface area contributed by atoms with Gasteiger partial charge in [0.1, 0.15) is 5.92 Å². The molecule has 3 heteroatoms. The Morgan fingerprint density at radius 3 is 2.56 bits per heavy atom. The number of hydrogen-bond donors (Lipinski definition) is 1. The number of aryl methyl sites for hydroxylation is 1. The molecular formula is C13H16N2O. The fraction of sp³-hybridized carbons (Fsp3) is 0.385. The minimum atomic E-state index is -0.605. The third-order valence-corrected chi connectivity index (χ3v) is 2.60. The molecular weight excluding hydrogens is 200 g/mol. The maximum absolute atomic E-state index is 11.5. The van der Waals surface area contributed by atoms with E-state index in [4.69, 9.17) is 5.26 Å². The second-order valence-corrected chi connectivity index (χ2v) is 3.94. The number of nitriles is 1. The van der Waals surface area contributed by atoms with E-state index in [-0.39, 0.29) is 11.9 Å². The number of nitrogens with zero attached hydrogens (tertiary/aromatic N) is 1. The summed E-state index contributed by atoms with van der Waals surface area (Å²) in [5.41, 5.74) is 2.22. The highest BCUT2D eigenvalue weighted by Crippen LogP contribution is 2.16. The van der Waals surface area contributed by atoms with E-state index in [1.165, 1.54) is 0 Å². The Balaban J connectivity index is 2.74. The van der Waals surface area contributed by atoms with Crippen molar-refractivity contribution in [3.63, 3.8) is 0 Å². The van der Waals surface area contributed by atoms with E-state index in [0.29, 0.717) is 0 Å². The zero-order chi connectivity index (χ0) is 12.1. The van der Waals surface area contributed by atoms with E-state index in [0.717, 1.165) is 11.1 Å². The van der Waals surface area contributed by atoms with Crippen LogP contribution < -0.4 is 5.32 Å². The normalized spacial score (nSPS) is 13.6. The second-order valence-electron chi connectivity index (χ2n) is 3.94. The van der Waals surface area contributed by atoms with Gasteiger partial charge < -0.3 is 5.32 Å². The van der Waals surface area contributed by atoms with Crippen molar-refractivity contribution in [2.24, 2.45) is 5.92 Å². The molecule has 0 saturated heterocycles. The number of carbonyl (C=O) groups is 1. The highest BCUT2D eigenvalue weighted by Gasteiger charge is 2.15. The maximum Gasteiger partial charge on any atom is 0.237 e. The second kappa shape index (κ2) is 5.32. The third-order valence-electron chi connectivity index (χ3n) is 2.60. The lowest BCUT2D eigenvalue weighted by molar-refractivity contribution is -0.123. The van der Waals surface area contributed by atoms with Crippen molar-refractivity contribution in [3.8, 4) is 6.07 Å². The topological polar surface area (TPSA) is 52.9 Å². The molecule has 0 aliphatic heterocycles. The van der Waals surface area contributed by atoms with Crippen molar-refractivity contribution < 1.29 is 4.79 Å². The molecule has 0 radical (unpaired) electrons. The highest BCUT2D eigenvalue weighted by atomic mass is 16.1. The predicted molar refractivity (Wildman–Crippen MR) is 62.5 cm³/mol. The zero-order valence-electron chi connectivity index (χ0n) is 9.82. The lowest BCUT2D eigenvalue weighted by atomic mass is 10.0. The standard InChI is InChI=1S/C13H16N2O/c1-9-6-4-5-7-12(9)11(3)15-13(16)10(2)8-14/h4-7,10-11H,1-3H3,(H,15,16)/t10-,11-/m0/s1. The molecule has 0 unspecified atom stereocenters. The number of nitrogens with one attached hydrogen (secondary N) is 1. The van der Waals surface area contributed by atoms with Crippen LogP contribution in [0.1, 0.15) is 31.0 Å². The molecule has 3 nitrogen and oxygen atoms in total. The van der Waals surface area contributed by atoms with Gasteiger partial charge in [-0.1, -0.05) is 24.3 Å². The fourth-order valence-corrected chi connectivity index (χ4v) is 1.55. The van der Waals surface area contributed by atoms with Gasteiger partial charge in [-0.3, -0.25) is 4.79 Å². The first kappa shape index (κ1) is 12.3. The molecule has 0 fully saturated rings. The molecule has 16 heavy (non-hydrogen) atoms. The largest absolute Gasteiger partial charge is 0.348 e. The summed E-state index contributed by atoms with van der Waals surface area (Å²) in [6.07, 6.45) is 0. The number of benzene rings is 1. The Kier molecular flexibility index (Phi) is 4.07. The van der Waals surface area contributed by atoms with E-state index < -0.39 is 5.92 Å². The summed E-state index contributed by atoms with van der Waals surface area (Å²) >= 11 is 0. The van der Waals surface area contributed by atoms with Crippen molar-refractivity contribution >= 4 is 5.91 Å². The Morgan fingerprint density at radius 2 is 2.00 bits per heavy atom. The van der Waals surface area contributed by atoms with Gasteiger partial charge in [-0.05, 0) is 31.9 Å². The van der Waals surface area contributed by atoms with Crippen LogP contribution in [0.5, 0.6) is 0 Å². The van der Waals surface area contributed by atoms with Gasteiger partial charge in [0, 0.05) is 0 Å². The minimum absolute atomic E-state index is 0.0653. The van der Waals surface area contributed by atoms with Crippen LogP contribution in [0.15, 0.2) is 24.3 Å². The van der Waals surface area contributed by atoms with E-state index in [1.807, 2.05) is 44.2 Å². The van der Waals surface area contributed by atoms with Gasteiger partial charge in [-0.25, -0.2) is 0 Å². The first-order valence-corrected chi connectivity index (χ1v) is 5.31. The monoisotopic (exact) mass is 216 g/mol. The number of hydrogen-bond acceptors (Lipinski definition) is 2. The molecule has 1 aromatic rings. The Labute approximate surface area is 96.1 Å². The van der Waals surface area contributed by atoms with Crippen LogP contribution in [0, 0.1) is 24.2 Å². The van der Waals surface area contributed by atoms with E-state index in [1.54, 1.807) is 6.92 Å². The first-order chi connectivity index (χ1) is 7.56. The molecule has 1 N–H and O–H groups in total. The molecule has 1 rings (SSSR count). The summed E-state index contributed by atoms with van der Waals surface area (Å²) in [4.78, 5) is 11.5. The van der Waals surface area contributed by atoms with Crippen LogP contribution in [0.2, 0.25) is 0 Å². The van der Waals surface area contributed by atoms with Gasteiger partial charge >= 0.3 is 0 Å². The van der Waals surface area contributed by atoms with Crippen molar-refractivity contribution in [1.82, 2.24) is 5.32 Å². The summed E-state index contributed by atoms with van der Waals surface area (Å²) in [5, 5.41) is 11.5. The Hall–Kier alpha value is -1.82. The van der Waals surface area contributed by atoms with Crippen LogP contribution in [-0.2, 0) is 4.79 Å². The molecule has 0 aliphatic rings. The summed E-state index contributed by atoms with van der Waals surface area (Å²) < 4.78 is 0. The van der Waals surface area contributed by atoms with Crippen LogP contribution in [0.3, 0.4) is 0 Å². The number of rotatable bonds is 3. The van der Waals surface area contributed by atoms with Crippen molar-refractivity contribution in [1.29, 1.82) is 5.26 Å². The van der Waals surface area contributed by atoms with Gasteiger partial charge in [0.2, 0.25) is 5.91 Å². The molecule has 0 bridgehead atoms. The van der Waals surface area contributed by atoms with E-state index >= 15 is 0 Å². The predicted octanol–water partition coefficient (Wildman–Crippen LogP) is 2.33. The van der Waals surface area contributed by atoms with Crippen molar-refractivity contribution in [3.05, 3.63) is 35.4 Å². The molecule has 0 aromatic heterocycles. The molecule has 0 aliphatic carbocycles. The minimum Gasteiger partial charge on any atom is -0.348 e. The molecule has 0 saturated carbocycles. The van der Waals surface area contributed by atoms with Crippen LogP contribution in [0.25, 0.3) is 0 Å². The molecule has 0 spiro atoms. The van der Waals surface area contributed by atoms with Gasteiger partial charge in [-0.2, -0.15) is 5.26 Å². The summed E-state index contributed by atoms with van der Waals surface area (Å²) in [6.45, 7) is 5.52. The SMILES string of the molecule is Cc1ccccc1[C@H](C)NC(=O)[C@@H](C)C#N. The zero-order valence-corrected chi connectivity index (χ0v) is 9.82. The van der Waals surface area contributed by atoms with E-state index in [2.05, 4.69) is 5.32 Å². The average molecular weight is 216 g/mol. The fourth-order valence-electron chi connectivity index (χ4n) is 1.55. The van der Waals surface area contributed by atoms with Crippen LogP contribution in [0.4, 0.5) is 0 Å².